The molecule has 0 radical (unpaired) electrons. The average molecular weight is 452 g/mol. The minimum atomic E-state index is -3.68. The molecule has 3 aromatic rings. The van der Waals surface area contributed by atoms with Crippen molar-refractivity contribution in [2.24, 2.45) is 0 Å². The maximum Gasteiger partial charge on any atom is 0.255 e. The van der Waals surface area contributed by atoms with Crippen LogP contribution in [0.15, 0.2) is 47.4 Å². The van der Waals surface area contributed by atoms with Crippen LogP contribution in [-0.4, -0.2) is 48.7 Å². The second-order valence-electron chi connectivity index (χ2n) is 6.47. The predicted octanol–water partition coefficient (Wildman–Crippen LogP) is 4.25. The van der Waals surface area contributed by atoms with Crippen molar-refractivity contribution in [1.29, 1.82) is 0 Å². The third kappa shape index (κ3) is 4.45. The maximum absolute atomic E-state index is 13.0. The number of carbonyl (C=O) groups excluding carboxylic acids is 1. The molecule has 0 aliphatic rings. The van der Waals surface area contributed by atoms with Gasteiger partial charge in [-0.1, -0.05) is 37.6 Å². The van der Waals surface area contributed by atoms with Gasteiger partial charge in [0.05, 0.1) is 32.2 Å². The number of rotatable bonds is 7. The van der Waals surface area contributed by atoms with Gasteiger partial charge in [0.2, 0.25) is 10.0 Å². The van der Waals surface area contributed by atoms with Gasteiger partial charge >= 0.3 is 0 Å². The van der Waals surface area contributed by atoms with E-state index in [4.69, 9.17) is 11.6 Å². The molecule has 1 amide bonds. The highest BCUT2D eigenvalue weighted by Crippen LogP contribution is 2.26. The van der Waals surface area contributed by atoms with Crippen LogP contribution >= 0.6 is 22.9 Å². The van der Waals surface area contributed by atoms with Gasteiger partial charge in [0.1, 0.15) is 5.01 Å². The quantitative estimate of drug-likeness (QED) is 0.538. The van der Waals surface area contributed by atoms with Gasteiger partial charge in [-0.25, -0.2) is 13.4 Å². The summed E-state index contributed by atoms with van der Waals surface area (Å²) in [7, 11) is -2.03. The smallest absolute Gasteiger partial charge is 0.255 e. The summed E-state index contributed by atoms with van der Waals surface area (Å²) in [6, 6.07) is 12.0. The summed E-state index contributed by atoms with van der Waals surface area (Å²) >= 11 is 7.75. The first-order valence-corrected chi connectivity index (χ1v) is 11.8. The zero-order chi connectivity index (χ0) is 21.2. The molecule has 9 heteroatoms. The van der Waals surface area contributed by atoms with Crippen LogP contribution in [0.1, 0.15) is 29.2 Å². The summed E-state index contributed by atoms with van der Waals surface area (Å²) in [4.78, 5) is 19.1. The summed E-state index contributed by atoms with van der Waals surface area (Å²) in [5, 5.41) is 1.01. The molecule has 0 saturated heterocycles. The lowest BCUT2D eigenvalue weighted by Gasteiger charge is -2.20. The van der Waals surface area contributed by atoms with Gasteiger partial charge in [-0.05, 0) is 30.3 Å². The number of hydrogen-bond donors (Lipinski definition) is 0. The second-order valence-corrected chi connectivity index (χ2v) is 9.93. The van der Waals surface area contributed by atoms with Gasteiger partial charge in [-0.2, -0.15) is 4.31 Å². The van der Waals surface area contributed by atoms with E-state index in [1.807, 2.05) is 24.3 Å². The molecule has 0 bridgehead atoms. The van der Waals surface area contributed by atoms with E-state index in [1.165, 1.54) is 38.7 Å². The fraction of sp³-hybridized carbons (Fsp3) is 0.300. The first-order valence-electron chi connectivity index (χ1n) is 9.17. The average Bonchev–Trinajstić information content (AvgIpc) is 3.10. The number of fused-ring (bicyclic) bond motifs is 1. The van der Waals surface area contributed by atoms with Gasteiger partial charge < -0.3 is 4.90 Å². The third-order valence-electron chi connectivity index (χ3n) is 4.57. The normalized spacial score (nSPS) is 11.9. The topological polar surface area (TPSA) is 70.6 Å². The van der Waals surface area contributed by atoms with Crippen molar-refractivity contribution < 1.29 is 13.2 Å². The number of hydrogen-bond acceptors (Lipinski definition) is 5. The molecule has 29 heavy (non-hydrogen) atoms. The van der Waals surface area contributed by atoms with E-state index in [0.29, 0.717) is 19.6 Å². The van der Waals surface area contributed by atoms with Crippen molar-refractivity contribution in [2.75, 3.05) is 20.1 Å². The number of carbonyl (C=O) groups is 1. The van der Waals surface area contributed by atoms with Crippen LogP contribution in [0.25, 0.3) is 10.2 Å². The molecule has 1 heterocycles. The Balaban J connectivity index is 1.88. The molecule has 0 atom stereocenters. The zero-order valence-electron chi connectivity index (χ0n) is 16.4. The molecular weight excluding hydrogens is 430 g/mol. The zero-order valence-corrected chi connectivity index (χ0v) is 18.8. The fourth-order valence-corrected chi connectivity index (χ4v) is 5.71. The Morgan fingerprint density at radius 1 is 1.14 bits per heavy atom. The Labute approximate surface area is 179 Å². The number of amides is 1. The molecule has 154 valence electrons. The summed E-state index contributed by atoms with van der Waals surface area (Å²) in [6.07, 6.45) is 0. The second kappa shape index (κ2) is 8.79. The van der Waals surface area contributed by atoms with Gasteiger partial charge in [0.15, 0.2) is 0 Å². The number of thiazole rings is 1. The van der Waals surface area contributed by atoms with E-state index in [0.717, 1.165) is 15.2 Å². The van der Waals surface area contributed by atoms with E-state index >= 15 is 0 Å². The Bertz CT molecular complexity index is 1110. The van der Waals surface area contributed by atoms with Crippen LogP contribution in [0.3, 0.4) is 0 Å². The molecular formula is C20H22ClN3O3S2. The fourth-order valence-electron chi connectivity index (χ4n) is 3.01. The maximum atomic E-state index is 13.0. The van der Waals surface area contributed by atoms with E-state index < -0.39 is 10.0 Å². The van der Waals surface area contributed by atoms with Crippen LogP contribution in [0.5, 0.6) is 0 Å². The van der Waals surface area contributed by atoms with Crippen LogP contribution in [-0.2, 0) is 16.6 Å². The Morgan fingerprint density at radius 3 is 2.48 bits per heavy atom. The lowest BCUT2D eigenvalue weighted by molar-refractivity contribution is 0.0785. The summed E-state index contributed by atoms with van der Waals surface area (Å²) in [5.74, 6) is -0.356. The van der Waals surface area contributed by atoms with Crippen molar-refractivity contribution in [2.45, 2.75) is 25.3 Å². The van der Waals surface area contributed by atoms with Gasteiger partial charge in [0.25, 0.3) is 5.91 Å². The van der Waals surface area contributed by atoms with Gasteiger partial charge in [-0.3, -0.25) is 4.79 Å². The van der Waals surface area contributed by atoms with Crippen molar-refractivity contribution in [3.8, 4) is 0 Å². The SMILES string of the molecule is CCN(CC)S(=O)(=O)c1ccc(Cl)c(C(=O)N(C)Cc2nc3ccccc3s2)c1. The molecule has 0 spiro atoms. The largest absolute Gasteiger partial charge is 0.335 e. The number of aromatic nitrogens is 1. The summed E-state index contributed by atoms with van der Waals surface area (Å²) in [6.45, 7) is 4.55. The van der Waals surface area contributed by atoms with Crippen LogP contribution in [0.2, 0.25) is 5.02 Å². The minimum absolute atomic E-state index is 0.0577. The highest BCUT2D eigenvalue weighted by molar-refractivity contribution is 7.89. The molecule has 0 saturated carbocycles. The van der Waals surface area contributed by atoms with E-state index in [9.17, 15) is 13.2 Å². The summed E-state index contributed by atoms with van der Waals surface area (Å²) < 4.78 is 28.0. The number of sulfonamides is 1. The molecule has 3 rings (SSSR count). The number of nitrogens with zero attached hydrogens (tertiary/aromatic N) is 3. The monoisotopic (exact) mass is 451 g/mol. The first-order chi connectivity index (χ1) is 13.8. The lowest BCUT2D eigenvalue weighted by atomic mass is 10.2. The Morgan fingerprint density at radius 2 is 1.83 bits per heavy atom. The lowest BCUT2D eigenvalue weighted by Crippen LogP contribution is -2.31. The first kappa shape index (κ1) is 21.7. The Kier molecular flexibility index (Phi) is 6.58. The molecule has 6 nitrogen and oxygen atoms in total. The van der Waals surface area contributed by atoms with E-state index in [1.54, 1.807) is 20.9 Å². The van der Waals surface area contributed by atoms with Gasteiger partial charge in [0, 0.05) is 20.1 Å². The standard InChI is InChI=1S/C20H22ClN3O3S2/c1-4-24(5-2)29(26,27)14-10-11-16(21)15(12-14)20(25)23(3)13-19-22-17-8-6-7-9-18(17)28-19/h6-12H,4-5,13H2,1-3H3. The van der Waals surface area contributed by atoms with Crippen molar-refractivity contribution in [1.82, 2.24) is 14.2 Å². The molecule has 0 fully saturated rings. The third-order valence-corrected chi connectivity index (χ3v) is 7.97. The molecule has 0 aliphatic carbocycles. The van der Waals surface area contributed by atoms with Crippen LogP contribution < -0.4 is 0 Å². The number of halogens is 1. The highest BCUT2D eigenvalue weighted by atomic mass is 35.5. The molecule has 0 aliphatic heterocycles. The van der Waals surface area contributed by atoms with Crippen molar-refractivity contribution in [3.05, 3.63) is 58.1 Å². The van der Waals surface area contributed by atoms with Gasteiger partial charge in [-0.15, -0.1) is 11.3 Å². The number of benzene rings is 2. The Hall–Kier alpha value is -2.00. The van der Waals surface area contributed by atoms with E-state index in [2.05, 4.69) is 4.98 Å². The predicted molar refractivity (Wildman–Crippen MR) is 117 cm³/mol. The highest BCUT2D eigenvalue weighted by Gasteiger charge is 2.25. The van der Waals surface area contributed by atoms with Crippen LogP contribution in [0.4, 0.5) is 0 Å². The van der Waals surface area contributed by atoms with Crippen LogP contribution in [0, 0.1) is 0 Å². The van der Waals surface area contributed by atoms with E-state index in [-0.39, 0.29) is 21.4 Å². The number of para-hydroxylation sites is 1. The molecule has 0 N–H and O–H groups in total. The van der Waals surface area contributed by atoms with Crippen molar-refractivity contribution in [3.63, 3.8) is 0 Å². The van der Waals surface area contributed by atoms with Crippen molar-refractivity contribution >= 4 is 49.1 Å². The molecule has 0 unspecified atom stereocenters. The molecule has 2 aromatic carbocycles. The summed E-state index contributed by atoms with van der Waals surface area (Å²) in [5.41, 5.74) is 1.04. The minimum Gasteiger partial charge on any atom is -0.335 e. The molecule has 1 aromatic heterocycles.